The van der Waals surface area contributed by atoms with Crippen molar-refractivity contribution < 1.29 is 14.3 Å². The second-order valence-electron chi connectivity index (χ2n) is 4.50. The van der Waals surface area contributed by atoms with Crippen LogP contribution >= 0.6 is 0 Å². The molecule has 20 heavy (non-hydrogen) atoms. The van der Waals surface area contributed by atoms with E-state index in [0.717, 1.165) is 17.2 Å². The van der Waals surface area contributed by atoms with Crippen molar-refractivity contribution in [1.82, 2.24) is 0 Å². The monoisotopic (exact) mass is 269 g/mol. The summed E-state index contributed by atoms with van der Waals surface area (Å²) in [4.78, 5) is 14.3. The number of rotatable bonds is 2. The first-order valence-corrected chi connectivity index (χ1v) is 6.47. The highest BCUT2D eigenvalue weighted by molar-refractivity contribution is 6.07. The van der Waals surface area contributed by atoms with Gasteiger partial charge in [0.25, 0.3) is 5.91 Å². The van der Waals surface area contributed by atoms with Crippen LogP contribution in [0.2, 0.25) is 0 Å². The van der Waals surface area contributed by atoms with Gasteiger partial charge < -0.3 is 14.4 Å². The predicted octanol–water partition coefficient (Wildman–Crippen LogP) is 2.73. The highest BCUT2D eigenvalue weighted by Gasteiger charge is 2.24. The van der Waals surface area contributed by atoms with Crippen LogP contribution in [-0.2, 0) is 0 Å². The topological polar surface area (TPSA) is 38.8 Å². The van der Waals surface area contributed by atoms with Crippen molar-refractivity contribution in [1.29, 1.82) is 0 Å². The molecule has 0 N–H and O–H groups in total. The predicted molar refractivity (Wildman–Crippen MR) is 76.6 cm³/mol. The number of para-hydroxylation sites is 2. The molecule has 1 heterocycles. The van der Waals surface area contributed by atoms with Crippen LogP contribution in [0.15, 0.2) is 48.5 Å². The summed E-state index contributed by atoms with van der Waals surface area (Å²) in [6, 6.07) is 14.7. The molecule has 1 aliphatic rings. The highest BCUT2D eigenvalue weighted by atomic mass is 16.5. The van der Waals surface area contributed by atoms with Crippen LogP contribution in [0, 0.1) is 0 Å². The van der Waals surface area contributed by atoms with Crippen LogP contribution < -0.4 is 14.4 Å². The molecule has 102 valence electrons. The molecule has 0 saturated heterocycles. The zero-order valence-electron chi connectivity index (χ0n) is 11.2. The van der Waals surface area contributed by atoms with Gasteiger partial charge in [-0.15, -0.1) is 0 Å². The van der Waals surface area contributed by atoms with E-state index >= 15 is 0 Å². The number of amides is 1. The third kappa shape index (κ3) is 2.20. The molecule has 0 radical (unpaired) electrons. The molecule has 2 aromatic rings. The SMILES string of the molecule is COc1ccc(C(=O)N2CCOc3ccccc32)cc1. The van der Waals surface area contributed by atoms with Gasteiger partial charge in [-0.1, -0.05) is 12.1 Å². The molecule has 0 fully saturated rings. The second kappa shape index (κ2) is 5.25. The molecule has 4 heteroatoms. The van der Waals surface area contributed by atoms with E-state index in [4.69, 9.17) is 9.47 Å². The largest absolute Gasteiger partial charge is 0.497 e. The number of fused-ring (bicyclic) bond motifs is 1. The van der Waals surface area contributed by atoms with Crippen LogP contribution in [0.5, 0.6) is 11.5 Å². The minimum Gasteiger partial charge on any atom is -0.497 e. The van der Waals surface area contributed by atoms with E-state index in [2.05, 4.69) is 0 Å². The van der Waals surface area contributed by atoms with E-state index in [9.17, 15) is 4.79 Å². The van der Waals surface area contributed by atoms with Gasteiger partial charge in [-0.3, -0.25) is 4.79 Å². The lowest BCUT2D eigenvalue weighted by atomic mass is 10.1. The van der Waals surface area contributed by atoms with Crippen molar-refractivity contribution in [2.45, 2.75) is 0 Å². The quantitative estimate of drug-likeness (QED) is 0.841. The number of ether oxygens (including phenoxy) is 2. The Bertz CT molecular complexity index is 622. The number of anilines is 1. The Kier molecular flexibility index (Phi) is 3.29. The summed E-state index contributed by atoms with van der Waals surface area (Å²) in [6.07, 6.45) is 0. The van der Waals surface area contributed by atoms with Gasteiger partial charge in [-0.25, -0.2) is 0 Å². The first kappa shape index (κ1) is 12.5. The molecule has 1 aliphatic heterocycles. The number of carbonyl (C=O) groups excluding carboxylic acids is 1. The van der Waals surface area contributed by atoms with Gasteiger partial charge in [-0.05, 0) is 36.4 Å². The van der Waals surface area contributed by atoms with Crippen LogP contribution in [0.1, 0.15) is 10.4 Å². The van der Waals surface area contributed by atoms with Gasteiger partial charge in [-0.2, -0.15) is 0 Å². The van der Waals surface area contributed by atoms with Crippen molar-refractivity contribution >= 4 is 11.6 Å². The van der Waals surface area contributed by atoms with Crippen LogP contribution in [-0.4, -0.2) is 26.2 Å². The van der Waals surface area contributed by atoms with Gasteiger partial charge in [0.1, 0.15) is 18.1 Å². The number of methoxy groups -OCH3 is 1. The Morgan fingerprint density at radius 2 is 1.90 bits per heavy atom. The number of benzene rings is 2. The summed E-state index contributed by atoms with van der Waals surface area (Å²) in [5, 5.41) is 0. The highest BCUT2D eigenvalue weighted by Crippen LogP contribution is 2.32. The fourth-order valence-corrected chi connectivity index (χ4v) is 2.27. The zero-order valence-corrected chi connectivity index (χ0v) is 11.2. The maximum absolute atomic E-state index is 12.6. The van der Waals surface area contributed by atoms with E-state index in [-0.39, 0.29) is 5.91 Å². The molecule has 3 rings (SSSR count). The van der Waals surface area contributed by atoms with E-state index < -0.39 is 0 Å². The van der Waals surface area contributed by atoms with Gasteiger partial charge in [0.15, 0.2) is 0 Å². The van der Waals surface area contributed by atoms with Crippen LogP contribution in [0.3, 0.4) is 0 Å². The van der Waals surface area contributed by atoms with E-state index in [1.165, 1.54) is 0 Å². The Morgan fingerprint density at radius 3 is 2.65 bits per heavy atom. The van der Waals surface area contributed by atoms with E-state index in [1.807, 2.05) is 24.3 Å². The smallest absolute Gasteiger partial charge is 0.258 e. The Hall–Kier alpha value is -2.49. The minimum absolute atomic E-state index is 0.0246. The Balaban J connectivity index is 1.91. The first-order chi connectivity index (χ1) is 9.79. The normalized spacial score (nSPS) is 13.3. The summed E-state index contributed by atoms with van der Waals surface area (Å²) in [7, 11) is 1.61. The van der Waals surface area contributed by atoms with Crippen molar-refractivity contribution in [3.63, 3.8) is 0 Å². The van der Waals surface area contributed by atoms with Gasteiger partial charge in [0.05, 0.1) is 19.3 Å². The van der Waals surface area contributed by atoms with Gasteiger partial charge >= 0.3 is 0 Å². The summed E-state index contributed by atoms with van der Waals surface area (Å²) in [6.45, 7) is 1.07. The average Bonchev–Trinajstić information content (AvgIpc) is 2.54. The molecular formula is C16H15NO3. The summed E-state index contributed by atoms with van der Waals surface area (Å²) in [5.74, 6) is 1.47. The molecule has 1 amide bonds. The first-order valence-electron chi connectivity index (χ1n) is 6.47. The van der Waals surface area contributed by atoms with Crippen molar-refractivity contribution in [2.75, 3.05) is 25.2 Å². The van der Waals surface area contributed by atoms with E-state index in [1.54, 1.807) is 36.3 Å². The lowest BCUT2D eigenvalue weighted by Gasteiger charge is -2.29. The zero-order chi connectivity index (χ0) is 13.9. The van der Waals surface area contributed by atoms with Crippen LogP contribution in [0.25, 0.3) is 0 Å². The van der Waals surface area contributed by atoms with Crippen molar-refractivity contribution in [3.8, 4) is 11.5 Å². The molecule has 0 saturated carbocycles. The van der Waals surface area contributed by atoms with Gasteiger partial charge in [0, 0.05) is 5.56 Å². The lowest BCUT2D eigenvalue weighted by molar-refractivity contribution is 0.0976. The number of hydrogen-bond acceptors (Lipinski definition) is 3. The molecular weight excluding hydrogens is 254 g/mol. The molecule has 0 bridgehead atoms. The summed E-state index contributed by atoms with van der Waals surface area (Å²) >= 11 is 0. The van der Waals surface area contributed by atoms with Crippen molar-refractivity contribution in [2.24, 2.45) is 0 Å². The van der Waals surface area contributed by atoms with Gasteiger partial charge in [0.2, 0.25) is 0 Å². The molecule has 0 atom stereocenters. The fraction of sp³-hybridized carbons (Fsp3) is 0.188. The van der Waals surface area contributed by atoms with Crippen LogP contribution in [0.4, 0.5) is 5.69 Å². The summed E-state index contributed by atoms with van der Waals surface area (Å²) < 4.78 is 10.7. The molecule has 0 spiro atoms. The average molecular weight is 269 g/mol. The molecule has 0 unspecified atom stereocenters. The molecule has 2 aromatic carbocycles. The maximum Gasteiger partial charge on any atom is 0.258 e. The third-order valence-electron chi connectivity index (χ3n) is 3.31. The molecule has 0 aliphatic carbocycles. The minimum atomic E-state index is -0.0246. The lowest BCUT2D eigenvalue weighted by Crippen LogP contribution is -2.37. The van der Waals surface area contributed by atoms with E-state index in [0.29, 0.717) is 18.7 Å². The second-order valence-corrected chi connectivity index (χ2v) is 4.50. The summed E-state index contributed by atoms with van der Waals surface area (Å²) in [5.41, 5.74) is 1.46. The number of carbonyl (C=O) groups is 1. The fourth-order valence-electron chi connectivity index (χ4n) is 2.27. The molecule has 0 aromatic heterocycles. The Labute approximate surface area is 117 Å². The standard InChI is InChI=1S/C16H15NO3/c1-19-13-8-6-12(7-9-13)16(18)17-10-11-20-15-5-3-2-4-14(15)17/h2-9H,10-11H2,1H3. The number of hydrogen-bond donors (Lipinski definition) is 0. The third-order valence-corrected chi connectivity index (χ3v) is 3.31. The van der Waals surface area contributed by atoms with Crippen molar-refractivity contribution in [3.05, 3.63) is 54.1 Å². The maximum atomic E-state index is 12.6. The molecule has 4 nitrogen and oxygen atoms in total. The number of nitrogens with zero attached hydrogens (tertiary/aromatic N) is 1. The Morgan fingerprint density at radius 1 is 1.15 bits per heavy atom.